The number of rotatable bonds is 5. The van der Waals surface area contributed by atoms with Crippen molar-refractivity contribution in [1.29, 1.82) is 0 Å². The van der Waals surface area contributed by atoms with E-state index in [4.69, 9.17) is 9.47 Å². The number of nitrogens with zero attached hydrogens (tertiary/aromatic N) is 3. The van der Waals surface area contributed by atoms with Crippen LogP contribution in [0.3, 0.4) is 0 Å². The molecule has 1 atom stereocenters. The fourth-order valence-electron chi connectivity index (χ4n) is 6.53. The molecule has 3 aliphatic heterocycles. The Morgan fingerprint density at radius 3 is 2.83 bits per heavy atom. The van der Waals surface area contributed by atoms with Crippen molar-refractivity contribution in [3.05, 3.63) is 88.2 Å². The van der Waals surface area contributed by atoms with Crippen LogP contribution in [0.25, 0.3) is 10.8 Å². The summed E-state index contributed by atoms with van der Waals surface area (Å²) in [6.07, 6.45) is 7.62. The first-order valence-corrected chi connectivity index (χ1v) is 14.5. The van der Waals surface area contributed by atoms with Crippen LogP contribution in [-0.2, 0) is 4.74 Å². The SMILES string of the molecule is C/C1=C/OC=C2C(=C3CCCC4=C3N(CC4)CC1C)CN(C(=O)O)N2CCCOc1cccc2cc(C)ccc12. The number of hydrazine groups is 1. The Labute approximate surface area is 236 Å². The first-order valence-electron chi connectivity index (χ1n) is 14.5. The van der Waals surface area contributed by atoms with Gasteiger partial charge in [0.15, 0.2) is 0 Å². The molecule has 3 heterocycles. The van der Waals surface area contributed by atoms with Crippen LogP contribution in [0.1, 0.15) is 51.5 Å². The van der Waals surface area contributed by atoms with Crippen molar-refractivity contribution in [2.75, 3.05) is 32.8 Å². The highest BCUT2D eigenvalue weighted by Gasteiger charge is 2.39. The van der Waals surface area contributed by atoms with E-state index in [0.29, 0.717) is 32.0 Å². The molecule has 1 aliphatic carbocycles. The molecule has 1 fully saturated rings. The lowest BCUT2D eigenvalue weighted by atomic mass is 9.88. The van der Waals surface area contributed by atoms with Gasteiger partial charge in [-0.25, -0.2) is 9.80 Å². The number of amides is 1. The van der Waals surface area contributed by atoms with Gasteiger partial charge >= 0.3 is 6.09 Å². The summed E-state index contributed by atoms with van der Waals surface area (Å²) < 4.78 is 12.2. The van der Waals surface area contributed by atoms with Crippen molar-refractivity contribution >= 4 is 16.9 Å². The molecule has 7 nitrogen and oxygen atoms in total. The molecule has 0 saturated carbocycles. The lowest BCUT2D eigenvalue weighted by Crippen LogP contribution is -2.40. The molecule has 0 spiro atoms. The molecule has 6 rings (SSSR count). The number of hydrogen-bond donors (Lipinski definition) is 1. The Kier molecular flexibility index (Phi) is 7.22. The largest absolute Gasteiger partial charge is 0.493 e. The van der Waals surface area contributed by atoms with Crippen LogP contribution < -0.4 is 4.74 Å². The van der Waals surface area contributed by atoms with Crippen LogP contribution in [0, 0.1) is 12.8 Å². The Morgan fingerprint density at radius 1 is 1.10 bits per heavy atom. The second-order valence-corrected chi connectivity index (χ2v) is 11.5. The minimum Gasteiger partial charge on any atom is -0.493 e. The van der Waals surface area contributed by atoms with Crippen molar-refractivity contribution in [2.45, 2.75) is 52.9 Å². The Balaban J connectivity index is 1.28. The minimum absolute atomic E-state index is 0.340. The predicted molar refractivity (Wildman–Crippen MR) is 156 cm³/mol. The summed E-state index contributed by atoms with van der Waals surface area (Å²) in [5.41, 5.74) is 8.53. The molecule has 1 saturated heterocycles. The third-order valence-corrected chi connectivity index (χ3v) is 8.77. The van der Waals surface area contributed by atoms with Crippen molar-refractivity contribution in [1.82, 2.24) is 14.9 Å². The third-order valence-electron chi connectivity index (χ3n) is 8.77. The minimum atomic E-state index is -0.951. The summed E-state index contributed by atoms with van der Waals surface area (Å²) in [5, 5.41) is 15.8. The van der Waals surface area contributed by atoms with Gasteiger partial charge in [-0.15, -0.1) is 0 Å². The van der Waals surface area contributed by atoms with E-state index in [1.54, 1.807) is 6.26 Å². The van der Waals surface area contributed by atoms with Crippen LogP contribution in [0.15, 0.2) is 82.6 Å². The summed E-state index contributed by atoms with van der Waals surface area (Å²) in [4.78, 5) is 15.0. The highest BCUT2D eigenvalue weighted by atomic mass is 16.5. The third kappa shape index (κ3) is 4.93. The van der Waals surface area contributed by atoms with Gasteiger partial charge in [0.2, 0.25) is 0 Å². The van der Waals surface area contributed by atoms with Crippen LogP contribution in [0.5, 0.6) is 5.75 Å². The van der Waals surface area contributed by atoms with E-state index in [9.17, 15) is 9.90 Å². The molecular formula is C33H39N3O4. The van der Waals surface area contributed by atoms with E-state index in [2.05, 4.69) is 49.9 Å². The predicted octanol–water partition coefficient (Wildman–Crippen LogP) is 6.98. The number of carboxylic acid groups (broad SMARTS) is 1. The molecule has 1 N–H and O–H groups in total. The molecule has 0 radical (unpaired) electrons. The molecule has 0 bridgehead atoms. The lowest BCUT2D eigenvalue weighted by Gasteiger charge is -2.30. The van der Waals surface area contributed by atoms with Crippen LogP contribution in [0.4, 0.5) is 4.79 Å². The van der Waals surface area contributed by atoms with Crippen molar-refractivity contribution in [3.8, 4) is 5.75 Å². The highest BCUT2D eigenvalue weighted by molar-refractivity contribution is 5.88. The zero-order valence-electron chi connectivity index (χ0n) is 23.8. The number of aryl methyl sites for hydroxylation is 1. The van der Waals surface area contributed by atoms with Gasteiger partial charge in [-0.1, -0.05) is 42.8 Å². The molecule has 210 valence electrons. The summed E-state index contributed by atoms with van der Waals surface area (Å²) in [6, 6.07) is 12.5. The maximum atomic E-state index is 12.5. The smallest absolute Gasteiger partial charge is 0.426 e. The molecular weight excluding hydrogens is 502 g/mol. The molecule has 1 unspecified atom stereocenters. The fourth-order valence-corrected chi connectivity index (χ4v) is 6.53. The van der Waals surface area contributed by atoms with Crippen LogP contribution >= 0.6 is 0 Å². The van der Waals surface area contributed by atoms with Gasteiger partial charge in [-0.05, 0) is 73.6 Å². The summed E-state index contributed by atoms with van der Waals surface area (Å²) in [6.45, 7) is 9.78. The molecule has 0 aromatic heterocycles. The molecule has 2 aromatic rings. The standard InChI is InChI=1S/C33H39N3O4/c1-22-11-12-27-26(17-22)8-5-10-31(27)40-16-6-14-35-30-21-39-20-24(3)23(2)18-34-15-13-25-7-4-9-28(32(25)34)29(30)19-36(35)33(37)38/h5,8,10-12,17,20-21,23H,4,6-7,9,13-16,18-19H2,1-3H3,(H,37,38)/b24-20-,29-28?,30-21?. The van der Waals surface area contributed by atoms with Gasteiger partial charge in [0, 0.05) is 42.7 Å². The Hall–Kier alpha value is -3.87. The van der Waals surface area contributed by atoms with Gasteiger partial charge in [0.1, 0.15) is 12.0 Å². The quantitative estimate of drug-likeness (QED) is 0.412. The number of fused-ring (bicyclic) bond motifs is 2. The number of hydrogen-bond acceptors (Lipinski definition) is 5. The monoisotopic (exact) mass is 541 g/mol. The molecule has 7 heteroatoms. The van der Waals surface area contributed by atoms with E-state index < -0.39 is 6.09 Å². The highest BCUT2D eigenvalue weighted by Crippen LogP contribution is 2.44. The Morgan fingerprint density at radius 2 is 1.98 bits per heavy atom. The van der Waals surface area contributed by atoms with Crippen LogP contribution in [-0.4, -0.2) is 58.9 Å². The van der Waals surface area contributed by atoms with E-state index >= 15 is 0 Å². The zero-order chi connectivity index (χ0) is 27.8. The van der Waals surface area contributed by atoms with Crippen molar-refractivity contribution < 1.29 is 19.4 Å². The maximum Gasteiger partial charge on any atom is 0.426 e. The second-order valence-electron chi connectivity index (χ2n) is 11.5. The summed E-state index contributed by atoms with van der Waals surface area (Å²) in [7, 11) is 0. The molecule has 4 aliphatic rings. The van der Waals surface area contributed by atoms with Crippen molar-refractivity contribution in [2.24, 2.45) is 5.92 Å². The van der Waals surface area contributed by atoms with Gasteiger partial charge in [0.25, 0.3) is 0 Å². The number of carbonyl (C=O) groups is 1. The number of benzene rings is 2. The van der Waals surface area contributed by atoms with Crippen molar-refractivity contribution in [3.63, 3.8) is 0 Å². The normalized spacial score (nSPS) is 22.4. The van der Waals surface area contributed by atoms with E-state index in [1.807, 2.05) is 23.4 Å². The first-order chi connectivity index (χ1) is 19.4. The van der Waals surface area contributed by atoms with Gasteiger partial charge in [0.05, 0.1) is 25.1 Å². The van der Waals surface area contributed by atoms with Gasteiger partial charge < -0.3 is 19.5 Å². The summed E-state index contributed by atoms with van der Waals surface area (Å²) in [5.74, 6) is 1.23. The zero-order valence-corrected chi connectivity index (χ0v) is 23.8. The molecule has 40 heavy (non-hydrogen) atoms. The number of ether oxygens (including phenoxy) is 2. The number of allylic oxidation sites excluding steroid dienone is 1. The topological polar surface area (TPSA) is 65.5 Å². The average Bonchev–Trinajstić information content (AvgIpc) is 3.51. The second kappa shape index (κ2) is 11.0. The lowest BCUT2D eigenvalue weighted by molar-refractivity contribution is 0.0443. The van der Waals surface area contributed by atoms with Gasteiger partial charge in [-0.2, -0.15) is 0 Å². The summed E-state index contributed by atoms with van der Waals surface area (Å²) >= 11 is 0. The molecule has 2 aromatic carbocycles. The average molecular weight is 542 g/mol. The van der Waals surface area contributed by atoms with E-state index in [0.717, 1.165) is 66.6 Å². The maximum absolute atomic E-state index is 12.5. The first kappa shape index (κ1) is 26.4. The Bertz CT molecular complexity index is 1450. The molecule has 1 amide bonds. The van der Waals surface area contributed by atoms with Gasteiger partial charge in [-0.3, -0.25) is 5.01 Å². The van der Waals surface area contributed by atoms with Crippen LogP contribution in [0.2, 0.25) is 0 Å². The van der Waals surface area contributed by atoms with E-state index in [-0.39, 0.29) is 0 Å². The fraction of sp³-hybridized carbons (Fsp3) is 0.424. The van der Waals surface area contributed by atoms with E-state index in [1.165, 1.54) is 33.0 Å².